The molecule has 2 fully saturated rings. The number of likely N-dealkylation sites (N-methyl/N-ethyl adjacent to an activating group) is 1. The molecule has 3 atom stereocenters. The molecule has 0 aromatic heterocycles. The Morgan fingerprint density at radius 2 is 2.26 bits per heavy atom. The van der Waals surface area contributed by atoms with Crippen LogP contribution < -0.4 is 5.32 Å². The second-order valence-electron chi connectivity index (χ2n) is 5.56. The van der Waals surface area contributed by atoms with Crippen LogP contribution >= 0.6 is 0 Å². The fraction of sp³-hybridized carbons (Fsp3) is 0.929. The Labute approximate surface area is 115 Å². The van der Waals surface area contributed by atoms with Crippen LogP contribution in [0, 0.1) is 5.92 Å². The van der Waals surface area contributed by atoms with E-state index in [9.17, 15) is 4.79 Å². The Kier molecular flexibility index (Phi) is 5.60. The second kappa shape index (κ2) is 7.22. The van der Waals surface area contributed by atoms with Gasteiger partial charge in [0, 0.05) is 26.2 Å². The molecule has 19 heavy (non-hydrogen) atoms. The van der Waals surface area contributed by atoms with E-state index >= 15 is 0 Å². The summed E-state index contributed by atoms with van der Waals surface area (Å²) in [6.07, 6.45) is 3.47. The van der Waals surface area contributed by atoms with E-state index in [0.717, 1.165) is 32.4 Å². The van der Waals surface area contributed by atoms with E-state index in [1.807, 2.05) is 11.9 Å². The van der Waals surface area contributed by atoms with Crippen molar-refractivity contribution in [1.29, 1.82) is 0 Å². The Morgan fingerprint density at radius 1 is 1.42 bits per heavy atom. The molecule has 110 valence electrons. The van der Waals surface area contributed by atoms with Gasteiger partial charge in [-0.1, -0.05) is 6.92 Å². The van der Waals surface area contributed by atoms with Crippen LogP contribution in [0.4, 0.5) is 0 Å². The zero-order chi connectivity index (χ0) is 13.7. The molecule has 0 aliphatic carbocycles. The highest BCUT2D eigenvalue weighted by atomic mass is 16.5. The first-order valence-corrected chi connectivity index (χ1v) is 7.40. The largest absolute Gasteiger partial charge is 0.379 e. The Bertz CT molecular complexity index is 292. The monoisotopic (exact) mass is 270 g/mol. The first kappa shape index (κ1) is 14.8. The van der Waals surface area contributed by atoms with E-state index in [4.69, 9.17) is 9.47 Å². The quantitative estimate of drug-likeness (QED) is 0.769. The van der Waals surface area contributed by atoms with E-state index in [2.05, 4.69) is 12.2 Å². The Morgan fingerprint density at radius 3 is 2.95 bits per heavy atom. The van der Waals surface area contributed by atoms with Crippen molar-refractivity contribution in [2.24, 2.45) is 5.92 Å². The molecular weight excluding hydrogens is 244 g/mol. The van der Waals surface area contributed by atoms with Crippen LogP contribution in [0.25, 0.3) is 0 Å². The second-order valence-corrected chi connectivity index (χ2v) is 5.56. The number of nitrogens with one attached hydrogen (secondary N) is 1. The summed E-state index contributed by atoms with van der Waals surface area (Å²) in [4.78, 5) is 14.3. The Balaban J connectivity index is 1.82. The van der Waals surface area contributed by atoms with Gasteiger partial charge in [-0.25, -0.2) is 0 Å². The van der Waals surface area contributed by atoms with Gasteiger partial charge in [0.25, 0.3) is 0 Å². The maximum absolute atomic E-state index is 12.5. The molecule has 2 aliphatic rings. The molecule has 5 nitrogen and oxygen atoms in total. The van der Waals surface area contributed by atoms with Gasteiger partial charge in [0.1, 0.15) is 0 Å². The molecule has 0 spiro atoms. The third-order valence-electron chi connectivity index (χ3n) is 3.93. The van der Waals surface area contributed by atoms with Crippen molar-refractivity contribution in [3.8, 4) is 0 Å². The van der Waals surface area contributed by atoms with Gasteiger partial charge in [0.2, 0.25) is 5.91 Å². The Hall–Kier alpha value is -0.650. The lowest BCUT2D eigenvalue weighted by Gasteiger charge is -2.26. The van der Waals surface area contributed by atoms with Gasteiger partial charge < -0.3 is 19.7 Å². The summed E-state index contributed by atoms with van der Waals surface area (Å²) in [5.41, 5.74) is 0. The first-order valence-electron chi connectivity index (χ1n) is 7.40. The van der Waals surface area contributed by atoms with Gasteiger partial charge in [0.15, 0.2) is 0 Å². The molecule has 2 saturated heterocycles. The molecule has 0 radical (unpaired) electrons. The van der Waals surface area contributed by atoms with Crippen LogP contribution in [0.15, 0.2) is 0 Å². The van der Waals surface area contributed by atoms with Gasteiger partial charge in [-0.3, -0.25) is 4.79 Å². The van der Waals surface area contributed by atoms with E-state index in [1.165, 1.54) is 0 Å². The first-order chi connectivity index (χ1) is 9.22. The standard InChI is InChI=1S/C14H26N2O3/c1-3-6-15-13-10-18-9-12(13)14(17)16(2)8-11-5-4-7-19-11/h11-13,15H,3-10H2,1-2H3. The molecule has 2 rings (SSSR count). The number of hydrogen-bond acceptors (Lipinski definition) is 4. The van der Waals surface area contributed by atoms with Gasteiger partial charge in [-0.05, 0) is 25.8 Å². The van der Waals surface area contributed by atoms with Crippen molar-refractivity contribution in [2.45, 2.75) is 38.3 Å². The molecule has 1 amide bonds. The molecule has 0 saturated carbocycles. The maximum atomic E-state index is 12.5. The number of rotatable bonds is 6. The molecule has 5 heteroatoms. The van der Waals surface area contributed by atoms with Crippen LogP contribution in [0.3, 0.4) is 0 Å². The highest BCUT2D eigenvalue weighted by Gasteiger charge is 2.35. The summed E-state index contributed by atoms with van der Waals surface area (Å²) in [6, 6.07) is 0.166. The summed E-state index contributed by atoms with van der Waals surface area (Å²) in [5.74, 6) is 0.138. The van der Waals surface area contributed by atoms with Crippen molar-refractivity contribution < 1.29 is 14.3 Å². The summed E-state index contributed by atoms with van der Waals surface area (Å²) in [5, 5.41) is 3.41. The fourth-order valence-corrected chi connectivity index (χ4v) is 2.80. The molecule has 0 aromatic rings. The van der Waals surface area contributed by atoms with Crippen molar-refractivity contribution in [3.63, 3.8) is 0 Å². The summed E-state index contributed by atoms with van der Waals surface area (Å²) >= 11 is 0. The molecule has 0 aromatic carbocycles. The summed E-state index contributed by atoms with van der Waals surface area (Å²) in [6.45, 7) is 5.78. The fourth-order valence-electron chi connectivity index (χ4n) is 2.80. The van der Waals surface area contributed by atoms with Crippen LogP contribution in [0.2, 0.25) is 0 Å². The van der Waals surface area contributed by atoms with Crippen molar-refractivity contribution >= 4 is 5.91 Å². The average Bonchev–Trinajstić information content (AvgIpc) is 3.06. The predicted molar refractivity (Wildman–Crippen MR) is 73.0 cm³/mol. The highest BCUT2D eigenvalue weighted by Crippen LogP contribution is 2.18. The topological polar surface area (TPSA) is 50.8 Å². The zero-order valence-electron chi connectivity index (χ0n) is 12.1. The van der Waals surface area contributed by atoms with Crippen LogP contribution in [-0.2, 0) is 14.3 Å². The normalized spacial score (nSPS) is 30.7. The smallest absolute Gasteiger partial charge is 0.229 e. The van der Waals surface area contributed by atoms with Crippen molar-refractivity contribution in [1.82, 2.24) is 10.2 Å². The number of hydrogen-bond donors (Lipinski definition) is 1. The SMILES string of the molecule is CCCNC1COCC1C(=O)N(C)CC1CCCO1. The predicted octanol–water partition coefficient (Wildman–Crippen LogP) is 0.638. The highest BCUT2D eigenvalue weighted by molar-refractivity contribution is 5.79. The molecule has 1 N–H and O–H groups in total. The zero-order valence-corrected chi connectivity index (χ0v) is 12.1. The van der Waals surface area contributed by atoms with E-state index in [0.29, 0.717) is 19.8 Å². The molecular formula is C14H26N2O3. The van der Waals surface area contributed by atoms with Crippen molar-refractivity contribution in [2.75, 3.05) is 40.0 Å². The van der Waals surface area contributed by atoms with Gasteiger partial charge in [-0.15, -0.1) is 0 Å². The number of ether oxygens (including phenoxy) is 2. The molecule has 2 aliphatic heterocycles. The lowest BCUT2D eigenvalue weighted by Crippen LogP contribution is -2.46. The number of carbonyl (C=O) groups is 1. The number of nitrogens with zero attached hydrogens (tertiary/aromatic N) is 1. The van der Waals surface area contributed by atoms with E-state index in [-0.39, 0.29) is 24.0 Å². The average molecular weight is 270 g/mol. The third-order valence-corrected chi connectivity index (χ3v) is 3.93. The van der Waals surface area contributed by atoms with E-state index < -0.39 is 0 Å². The number of carbonyl (C=O) groups excluding carboxylic acids is 1. The van der Waals surface area contributed by atoms with E-state index in [1.54, 1.807) is 0 Å². The lowest BCUT2D eigenvalue weighted by atomic mass is 10.0. The van der Waals surface area contributed by atoms with Crippen LogP contribution in [-0.4, -0.2) is 62.9 Å². The van der Waals surface area contributed by atoms with Gasteiger partial charge in [-0.2, -0.15) is 0 Å². The molecule has 3 unspecified atom stereocenters. The minimum absolute atomic E-state index is 0.0436. The van der Waals surface area contributed by atoms with Crippen LogP contribution in [0.1, 0.15) is 26.2 Å². The third kappa shape index (κ3) is 3.91. The minimum atomic E-state index is -0.0436. The van der Waals surface area contributed by atoms with Crippen molar-refractivity contribution in [3.05, 3.63) is 0 Å². The van der Waals surface area contributed by atoms with Crippen LogP contribution in [0.5, 0.6) is 0 Å². The summed E-state index contributed by atoms with van der Waals surface area (Å²) in [7, 11) is 1.87. The number of amides is 1. The van der Waals surface area contributed by atoms with Gasteiger partial charge >= 0.3 is 0 Å². The summed E-state index contributed by atoms with van der Waals surface area (Å²) < 4.78 is 11.1. The lowest BCUT2D eigenvalue weighted by molar-refractivity contribution is -0.136. The molecule has 2 heterocycles. The minimum Gasteiger partial charge on any atom is -0.379 e. The van der Waals surface area contributed by atoms with Gasteiger partial charge in [0.05, 0.1) is 25.2 Å². The maximum Gasteiger partial charge on any atom is 0.229 e. The molecule has 0 bridgehead atoms.